The first-order chi connectivity index (χ1) is 11.3. The molecule has 1 heterocycles. The second kappa shape index (κ2) is 7.75. The molecule has 1 aliphatic heterocycles. The third-order valence-electron chi connectivity index (χ3n) is 4.60. The second-order valence-corrected chi connectivity index (χ2v) is 6.88. The molecule has 132 valence electrons. The Kier molecular flexibility index (Phi) is 5.94. The number of hydrogen-bond donors (Lipinski definition) is 2. The summed E-state index contributed by atoms with van der Waals surface area (Å²) in [6.45, 7) is 6.99. The van der Waals surface area contributed by atoms with Crippen molar-refractivity contribution in [2.24, 2.45) is 17.6 Å². The van der Waals surface area contributed by atoms with Crippen LogP contribution in [-0.2, 0) is 4.79 Å². The topological polar surface area (TPSA) is 75.4 Å². The molecule has 1 aromatic carbocycles. The molecular weight excluding hydrogens is 309 g/mol. The van der Waals surface area contributed by atoms with E-state index in [9.17, 15) is 14.0 Å². The van der Waals surface area contributed by atoms with E-state index in [1.807, 2.05) is 25.7 Å². The molecule has 0 saturated carbocycles. The lowest BCUT2D eigenvalue weighted by molar-refractivity contribution is -0.135. The van der Waals surface area contributed by atoms with Gasteiger partial charge in [0.05, 0.1) is 0 Å². The Morgan fingerprint density at radius 1 is 1.33 bits per heavy atom. The van der Waals surface area contributed by atoms with Gasteiger partial charge in [-0.2, -0.15) is 0 Å². The quantitative estimate of drug-likeness (QED) is 0.861. The van der Waals surface area contributed by atoms with Gasteiger partial charge in [-0.1, -0.05) is 13.8 Å². The Hall–Kier alpha value is -1.95. The number of halogens is 1. The molecule has 3 atom stereocenters. The molecule has 1 aliphatic rings. The number of nitrogens with zero attached hydrogens (tertiary/aromatic N) is 1. The maximum atomic E-state index is 13.0. The largest absolute Gasteiger partial charge is 0.340 e. The fourth-order valence-corrected chi connectivity index (χ4v) is 3.14. The van der Waals surface area contributed by atoms with Crippen molar-refractivity contribution in [2.75, 3.05) is 13.1 Å². The highest BCUT2D eigenvalue weighted by Crippen LogP contribution is 2.24. The maximum Gasteiger partial charge on any atom is 0.251 e. The monoisotopic (exact) mass is 335 g/mol. The van der Waals surface area contributed by atoms with Crippen LogP contribution in [-0.4, -0.2) is 41.9 Å². The van der Waals surface area contributed by atoms with Gasteiger partial charge < -0.3 is 16.0 Å². The summed E-state index contributed by atoms with van der Waals surface area (Å²) in [5.74, 6) is -0.592. The van der Waals surface area contributed by atoms with Crippen LogP contribution in [0.3, 0.4) is 0 Å². The van der Waals surface area contributed by atoms with Gasteiger partial charge in [-0.3, -0.25) is 9.59 Å². The number of carbonyl (C=O) groups excluding carboxylic acids is 2. The Balaban J connectivity index is 2.10. The average molecular weight is 335 g/mol. The smallest absolute Gasteiger partial charge is 0.251 e. The lowest BCUT2D eigenvalue weighted by Crippen LogP contribution is -2.52. The summed E-state index contributed by atoms with van der Waals surface area (Å²) in [5.41, 5.74) is 6.06. The molecular formula is C18H26FN3O2. The summed E-state index contributed by atoms with van der Waals surface area (Å²) in [4.78, 5) is 27.1. The maximum absolute atomic E-state index is 13.0. The molecule has 0 radical (unpaired) electrons. The molecule has 6 heteroatoms. The summed E-state index contributed by atoms with van der Waals surface area (Å²) >= 11 is 0. The zero-order valence-corrected chi connectivity index (χ0v) is 14.5. The van der Waals surface area contributed by atoms with E-state index in [0.717, 1.165) is 6.42 Å². The van der Waals surface area contributed by atoms with Crippen LogP contribution in [0.25, 0.3) is 0 Å². The van der Waals surface area contributed by atoms with Crippen LogP contribution in [0.4, 0.5) is 4.39 Å². The molecule has 0 aliphatic carbocycles. The Labute approximate surface area is 142 Å². The van der Waals surface area contributed by atoms with Crippen LogP contribution in [0.5, 0.6) is 0 Å². The first-order valence-electron chi connectivity index (χ1n) is 8.40. The highest BCUT2D eigenvalue weighted by atomic mass is 19.1. The molecule has 0 spiro atoms. The number of likely N-dealkylation sites (tertiary alicyclic amines) is 1. The standard InChI is InChI=1S/C18H26FN3O2/c1-11(2)16(18(24)22-10-13(9-20)8-12(22)3)21-17(23)14-4-6-15(19)7-5-14/h4-7,11-13,16H,8-10,20H2,1-3H3,(H,21,23). The van der Waals surface area contributed by atoms with Crippen molar-refractivity contribution in [3.8, 4) is 0 Å². The predicted molar refractivity (Wildman–Crippen MR) is 90.8 cm³/mol. The van der Waals surface area contributed by atoms with Gasteiger partial charge in [-0.05, 0) is 56.0 Å². The summed E-state index contributed by atoms with van der Waals surface area (Å²) in [6.07, 6.45) is 0.888. The fraction of sp³-hybridized carbons (Fsp3) is 0.556. The van der Waals surface area contributed by atoms with E-state index >= 15 is 0 Å². The summed E-state index contributed by atoms with van der Waals surface area (Å²) in [5, 5.41) is 2.80. The first kappa shape index (κ1) is 18.4. The lowest BCUT2D eigenvalue weighted by Gasteiger charge is -2.29. The van der Waals surface area contributed by atoms with Gasteiger partial charge in [0.1, 0.15) is 11.9 Å². The first-order valence-corrected chi connectivity index (χ1v) is 8.40. The normalized spacial score (nSPS) is 21.8. The highest BCUT2D eigenvalue weighted by molar-refractivity contribution is 5.97. The van der Waals surface area contributed by atoms with Gasteiger partial charge in [0.2, 0.25) is 5.91 Å². The number of rotatable bonds is 5. The van der Waals surface area contributed by atoms with Crippen LogP contribution in [0, 0.1) is 17.7 Å². The van der Waals surface area contributed by atoms with Crippen molar-refractivity contribution < 1.29 is 14.0 Å². The lowest BCUT2D eigenvalue weighted by atomic mass is 10.0. The van der Waals surface area contributed by atoms with Crippen LogP contribution in [0.2, 0.25) is 0 Å². The molecule has 1 aromatic rings. The van der Waals surface area contributed by atoms with Crippen LogP contribution in [0.1, 0.15) is 37.6 Å². The van der Waals surface area contributed by atoms with E-state index in [1.165, 1.54) is 24.3 Å². The van der Waals surface area contributed by atoms with E-state index in [0.29, 0.717) is 24.6 Å². The van der Waals surface area contributed by atoms with Gasteiger partial charge in [-0.25, -0.2) is 4.39 Å². The minimum atomic E-state index is -0.610. The molecule has 2 rings (SSSR count). The summed E-state index contributed by atoms with van der Waals surface area (Å²) < 4.78 is 13.0. The molecule has 3 N–H and O–H groups in total. The average Bonchev–Trinajstić information content (AvgIpc) is 2.93. The molecule has 24 heavy (non-hydrogen) atoms. The van der Waals surface area contributed by atoms with Gasteiger partial charge in [-0.15, -0.1) is 0 Å². The van der Waals surface area contributed by atoms with Gasteiger partial charge >= 0.3 is 0 Å². The number of hydrogen-bond acceptors (Lipinski definition) is 3. The van der Waals surface area contributed by atoms with E-state index in [4.69, 9.17) is 5.73 Å². The van der Waals surface area contributed by atoms with Gasteiger partial charge in [0.25, 0.3) is 5.91 Å². The zero-order valence-electron chi connectivity index (χ0n) is 14.5. The van der Waals surface area contributed by atoms with Crippen molar-refractivity contribution in [2.45, 2.75) is 39.3 Å². The van der Waals surface area contributed by atoms with Gasteiger partial charge in [0.15, 0.2) is 0 Å². The number of carbonyl (C=O) groups is 2. The van der Waals surface area contributed by atoms with Crippen molar-refractivity contribution in [3.63, 3.8) is 0 Å². The van der Waals surface area contributed by atoms with Gasteiger partial charge in [0, 0.05) is 18.2 Å². The molecule has 0 aromatic heterocycles. The van der Waals surface area contributed by atoms with E-state index in [1.54, 1.807) is 0 Å². The number of benzene rings is 1. The Morgan fingerprint density at radius 3 is 2.46 bits per heavy atom. The molecule has 5 nitrogen and oxygen atoms in total. The number of nitrogens with two attached hydrogens (primary N) is 1. The van der Waals surface area contributed by atoms with Crippen LogP contribution in [0.15, 0.2) is 24.3 Å². The Morgan fingerprint density at radius 2 is 1.96 bits per heavy atom. The predicted octanol–water partition coefficient (Wildman–Crippen LogP) is 1.78. The summed E-state index contributed by atoms with van der Waals surface area (Å²) in [7, 11) is 0. The Bertz CT molecular complexity index is 588. The third-order valence-corrected chi connectivity index (χ3v) is 4.60. The van der Waals surface area contributed by atoms with Crippen molar-refractivity contribution in [1.29, 1.82) is 0 Å². The summed E-state index contributed by atoms with van der Waals surface area (Å²) in [6, 6.07) is 4.80. The van der Waals surface area contributed by atoms with Crippen molar-refractivity contribution in [3.05, 3.63) is 35.6 Å². The van der Waals surface area contributed by atoms with E-state index in [2.05, 4.69) is 5.32 Å². The SMILES string of the molecule is CC(C)C(NC(=O)c1ccc(F)cc1)C(=O)N1CC(CN)CC1C. The third kappa shape index (κ3) is 4.12. The fourth-order valence-electron chi connectivity index (χ4n) is 3.14. The molecule has 1 saturated heterocycles. The van der Waals surface area contributed by atoms with E-state index < -0.39 is 11.9 Å². The van der Waals surface area contributed by atoms with Crippen molar-refractivity contribution >= 4 is 11.8 Å². The second-order valence-electron chi connectivity index (χ2n) is 6.88. The highest BCUT2D eigenvalue weighted by Gasteiger charge is 2.36. The minimum absolute atomic E-state index is 0.0500. The molecule has 2 amide bonds. The molecule has 1 fully saturated rings. The minimum Gasteiger partial charge on any atom is -0.340 e. The number of nitrogens with one attached hydrogen (secondary N) is 1. The van der Waals surface area contributed by atoms with Crippen molar-refractivity contribution in [1.82, 2.24) is 10.2 Å². The van der Waals surface area contributed by atoms with E-state index in [-0.39, 0.29) is 23.8 Å². The van der Waals surface area contributed by atoms with Crippen LogP contribution >= 0.6 is 0 Å². The number of amides is 2. The molecule has 3 unspecified atom stereocenters. The molecule has 0 bridgehead atoms. The zero-order chi connectivity index (χ0) is 17.9. The van der Waals surface area contributed by atoms with Crippen LogP contribution < -0.4 is 11.1 Å².